The number of phosphoric ester groups is 1. The highest BCUT2D eigenvalue weighted by Crippen LogP contribution is 2.50. The second-order valence-corrected chi connectivity index (χ2v) is 37.4. The van der Waals surface area contributed by atoms with Crippen LogP contribution in [-0.4, -0.2) is 355 Å². The van der Waals surface area contributed by atoms with Crippen molar-refractivity contribution in [1.82, 2.24) is 46.6 Å². The number of hydrogen-bond donors (Lipinski definition) is 16. The molecule has 0 spiro atoms. The van der Waals surface area contributed by atoms with Crippen LogP contribution in [0, 0.1) is 16.2 Å². The Morgan fingerprint density at radius 2 is 0.704 bits per heavy atom. The molecular weight excluding hydrogens is 1690 g/mol. The summed E-state index contributed by atoms with van der Waals surface area (Å²) >= 11 is 0. The minimum absolute atomic E-state index is 0.0846. The number of likely N-dealkylation sites (tertiary alicyclic amines) is 3. The van der Waals surface area contributed by atoms with Crippen molar-refractivity contribution in [1.29, 1.82) is 0 Å². The topological polar surface area (TPSA) is 610 Å². The van der Waals surface area contributed by atoms with Crippen LogP contribution in [0.15, 0.2) is 0 Å². The van der Waals surface area contributed by atoms with Crippen LogP contribution in [0.25, 0.3) is 0 Å². The average molecular weight is 1830 g/mol. The number of aliphatic hydroxyl groups is 10. The van der Waals surface area contributed by atoms with E-state index in [1.165, 1.54) is 20.8 Å². The van der Waals surface area contributed by atoms with E-state index < -0.39 is 181 Å². The zero-order valence-corrected chi connectivity index (χ0v) is 74.9. The van der Waals surface area contributed by atoms with Crippen molar-refractivity contribution in [2.24, 2.45) is 16.2 Å². The predicted octanol–water partition coefficient (Wildman–Crippen LogP) is -2.28. The summed E-state index contributed by atoms with van der Waals surface area (Å²) in [6.07, 6.45) is -5.63. The molecule has 0 aromatic rings. The minimum atomic E-state index is -5.15. The van der Waals surface area contributed by atoms with Crippen molar-refractivity contribution >= 4 is 68.6 Å². The molecule has 0 aliphatic carbocycles. The van der Waals surface area contributed by atoms with Crippen LogP contribution in [0.2, 0.25) is 0 Å². The van der Waals surface area contributed by atoms with Crippen LogP contribution in [0.3, 0.4) is 0 Å². The van der Waals surface area contributed by atoms with Gasteiger partial charge in [-0.25, -0.2) is 0 Å². The third-order valence-electron chi connectivity index (χ3n) is 24.2. The summed E-state index contributed by atoms with van der Waals surface area (Å²) in [5.74, 6) is -2.39. The van der Waals surface area contributed by atoms with E-state index in [0.717, 1.165) is 0 Å². The standard InChI is InChI=1S/C81H145N9O33P2/c1-5-114-51-81(31-41-90(42-32-81)66(103)26-11-8-17-36-84-63(100)23-14-20-45-117-78-69(87-57(4)97)75(109)72(106)60(49-93)123-78)54-120-125(112,113)119-52-79(27-37-88(38-28-79)64(101)24-9-6-15-34-82-61(98)21-12-18-43-115-76-67(85-55(2)95)73(107)70(104)58(47-91)121-76)33-46-124(110,111)118-53-80(50-94)29-39-89(40-30-80)65(102)25-10-7-16-35-83-62(99)22-13-19-44-116-77-68(86-56(3)96)74(108)71(105)59(48-92)122-77/h58-60,67-78,91-94,104-109H,5-54H2,1-4H3,(H,82,98)(H,83,99)(H,84,100)(H,85,95)(H,86,96)(H,87,97)(H,110,111)(H,112,113)/p-2/t58-,59-,60-,67-,68-,69-,70+,71+,72+,73-,74-,75-,76-,77-,78-/m1/s1. The average Bonchev–Trinajstić information content (AvgIpc) is 0.832. The summed E-state index contributed by atoms with van der Waals surface area (Å²) in [6, 6.07) is -3.24. The van der Waals surface area contributed by atoms with Gasteiger partial charge in [0.2, 0.25) is 53.2 Å². The molecule has 6 aliphatic heterocycles. The van der Waals surface area contributed by atoms with Gasteiger partial charge >= 0.3 is 0 Å². The largest absolute Gasteiger partial charge is 0.778 e. The molecule has 6 heterocycles. The normalized spacial score (nSPS) is 27.1. The lowest BCUT2D eigenvalue weighted by Gasteiger charge is -2.45. The molecule has 0 aromatic carbocycles. The highest BCUT2D eigenvalue weighted by molar-refractivity contribution is 7.51. The van der Waals surface area contributed by atoms with Crippen molar-refractivity contribution < 1.29 is 160 Å². The van der Waals surface area contributed by atoms with E-state index in [0.29, 0.717) is 148 Å². The van der Waals surface area contributed by atoms with E-state index >= 15 is 0 Å². The zero-order valence-electron chi connectivity index (χ0n) is 73.1. The molecule has 0 radical (unpaired) electrons. The molecule has 2 unspecified atom stereocenters. The smallest absolute Gasteiger partial charge is 0.267 e. The SMILES string of the molecule is CCOCC1(COP(=O)([O-])OCC2(CCP(=O)([O-])OCC3(CO)CCN(C(=O)CCCCCNC(=O)CCCCO[C@@H]4O[C@H](CO)[C@H](O)[C@H](O)[C@H]4NC(C)=O)CC3)CCN(C(=O)CCCCCNC(=O)CCCCO[C@@H]3O[C@H](CO)[C@H](O)[C@H](O)[C@H]3NC(C)=O)CC2)CCN(C(=O)CCCCCNC(=O)CCCCO[C@@H]2O[C@H](CO)[C@H](O)[C@H](O)[C@H]2NC(C)=O)CC1. The van der Waals surface area contributed by atoms with Gasteiger partial charge in [0, 0.05) is 162 Å². The number of hydrogen-bond acceptors (Lipinski definition) is 33. The molecule has 125 heavy (non-hydrogen) atoms. The van der Waals surface area contributed by atoms with E-state index in [4.69, 9.17) is 46.7 Å². The van der Waals surface area contributed by atoms with Crippen molar-refractivity contribution in [3.05, 3.63) is 0 Å². The predicted molar refractivity (Wildman–Crippen MR) is 441 cm³/mol. The lowest BCUT2D eigenvalue weighted by molar-refractivity contribution is -0.270. The Hall–Kier alpha value is -5.19. The van der Waals surface area contributed by atoms with Gasteiger partial charge in [-0.05, 0) is 134 Å². The molecule has 6 saturated heterocycles. The number of unbranched alkanes of at least 4 members (excludes halogenated alkanes) is 9. The number of amides is 9. The highest BCUT2D eigenvalue weighted by atomic mass is 31.2. The van der Waals surface area contributed by atoms with Crippen molar-refractivity contribution in [2.75, 3.05) is 144 Å². The number of rotatable bonds is 58. The maximum Gasteiger partial charge on any atom is 0.267 e. The molecule has 6 aliphatic rings. The van der Waals surface area contributed by atoms with Gasteiger partial charge in [0.25, 0.3) is 7.82 Å². The number of phosphoric acid groups is 1. The Kier molecular flexibility index (Phi) is 48.5. The summed E-state index contributed by atoms with van der Waals surface area (Å²) in [7, 11) is -9.88. The first kappa shape index (κ1) is 109. The number of nitrogens with one attached hydrogen (secondary N) is 6. The molecule has 16 N–H and O–H groups in total. The molecule has 0 aromatic heterocycles. The maximum absolute atomic E-state index is 14.0. The second kappa shape index (κ2) is 55.9. The van der Waals surface area contributed by atoms with Gasteiger partial charge in [0.05, 0.1) is 52.9 Å². The number of nitrogens with zero attached hydrogens (tertiary/aromatic N) is 3. The molecule has 42 nitrogen and oxygen atoms in total. The molecule has 6 fully saturated rings. The lowest BCUT2D eigenvalue weighted by atomic mass is 9.77. The summed E-state index contributed by atoms with van der Waals surface area (Å²) < 4.78 is 84.8. The Morgan fingerprint density at radius 1 is 0.400 bits per heavy atom. The van der Waals surface area contributed by atoms with Crippen LogP contribution in [0.1, 0.15) is 207 Å². The number of ether oxygens (including phenoxy) is 7. The molecule has 0 saturated carbocycles. The van der Waals surface area contributed by atoms with E-state index in [1.807, 2.05) is 0 Å². The van der Waals surface area contributed by atoms with Gasteiger partial charge < -0.3 is 159 Å². The summed E-state index contributed by atoms with van der Waals surface area (Å²) in [5.41, 5.74) is -2.96. The van der Waals surface area contributed by atoms with Gasteiger partial charge in [0.1, 0.15) is 80.7 Å². The Morgan fingerprint density at radius 3 is 1.02 bits per heavy atom. The molecule has 17 atom stereocenters. The maximum atomic E-state index is 14.0. The molecular formula is C81H143N9O33P2-2. The van der Waals surface area contributed by atoms with E-state index in [2.05, 4.69) is 31.9 Å². The number of aliphatic hydroxyl groups excluding tert-OH is 10. The highest BCUT2D eigenvalue weighted by Gasteiger charge is 2.49. The summed E-state index contributed by atoms with van der Waals surface area (Å²) in [4.78, 5) is 147. The van der Waals surface area contributed by atoms with E-state index in [-0.39, 0.29) is 172 Å². The third-order valence-corrected chi connectivity index (χ3v) is 26.4. The molecule has 44 heteroatoms. The number of carbonyl (C=O) groups excluding carboxylic acids is 9. The van der Waals surface area contributed by atoms with Gasteiger partial charge in [-0.15, -0.1) is 0 Å². The third kappa shape index (κ3) is 37.5. The molecule has 9 amide bonds. The quantitative estimate of drug-likeness (QED) is 0.0225. The van der Waals surface area contributed by atoms with Crippen molar-refractivity contribution in [3.8, 4) is 0 Å². The monoisotopic (exact) mass is 1830 g/mol. The number of carbonyl (C=O) groups is 9. The first-order valence-corrected chi connectivity index (χ1v) is 47.7. The second-order valence-electron chi connectivity index (χ2n) is 34.1. The van der Waals surface area contributed by atoms with Crippen LogP contribution in [0.4, 0.5) is 0 Å². The Labute approximate surface area is 732 Å². The van der Waals surface area contributed by atoms with Gasteiger partial charge in [-0.1, -0.05) is 19.3 Å². The fraction of sp³-hybridized carbons (Fsp3) is 0.889. The van der Waals surface area contributed by atoms with Gasteiger partial charge in [-0.3, -0.25) is 47.7 Å². The first-order valence-electron chi connectivity index (χ1n) is 44.5. The van der Waals surface area contributed by atoms with Gasteiger partial charge in [0.15, 0.2) is 18.9 Å². The van der Waals surface area contributed by atoms with E-state index in [9.17, 15) is 113 Å². The van der Waals surface area contributed by atoms with Crippen molar-refractivity contribution in [2.45, 2.75) is 299 Å². The van der Waals surface area contributed by atoms with Crippen LogP contribution in [-0.2, 0) is 99.0 Å². The Bertz CT molecular complexity index is 3360. The summed E-state index contributed by atoms with van der Waals surface area (Å²) in [6.45, 7) is 5.31. The molecule has 6 rings (SSSR count). The van der Waals surface area contributed by atoms with Crippen LogP contribution >= 0.6 is 15.4 Å². The lowest BCUT2D eigenvalue weighted by Crippen LogP contribution is -2.64. The van der Waals surface area contributed by atoms with E-state index in [1.54, 1.807) is 21.6 Å². The van der Waals surface area contributed by atoms with Crippen LogP contribution in [0.5, 0.6) is 0 Å². The molecule has 722 valence electrons. The number of piperidine rings is 3. The molecule has 0 bridgehead atoms. The minimum Gasteiger partial charge on any atom is -0.778 e. The fourth-order valence-corrected chi connectivity index (χ4v) is 18.3. The van der Waals surface area contributed by atoms with Crippen LogP contribution < -0.4 is 41.7 Å². The van der Waals surface area contributed by atoms with Crippen molar-refractivity contribution in [3.63, 3.8) is 0 Å². The Balaban J connectivity index is 0.926. The first-order chi connectivity index (χ1) is 59.6. The van der Waals surface area contributed by atoms with Gasteiger partial charge in [-0.2, -0.15) is 0 Å². The summed E-state index contributed by atoms with van der Waals surface area (Å²) in [5, 5.41) is 118. The fourth-order valence-electron chi connectivity index (χ4n) is 16.1. The zero-order chi connectivity index (χ0) is 91.8.